The number of nitriles is 1. The van der Waals surface area contributed by atoms with Gasteiger partial charge in [-0.2, -0.15) is 15.5 Å². The first-order chi connectivity index (χ1) is 14.6. The van der Waals surface area contributed by atoms with Crippen molar-refractivity contribution >= 4 is 17.1 Å². The number of aromatic nitrogens is 5. The summed E-state index contributed by atoms with van der Waals surface area (Å²) < 4.78 is 3.36. The van der Waals surface area contributed by atoms with Crippen molar-refractivity contribution in [2.45, 2.75) is 0 Å². The van der Waals surface area contributed by atoms with Crippen LogP contribution >= 0.6 is 0 Å². The van der Waals surface area contributed by atoms with Crippen molar-refractivity contribution in [3.63, 3.8) is 0 Å². The van der Waals surface area contributed by atoms with Crippen LogP contribution in [0.15, 0.2) is 61.8 Å². The highest BCUT2D eigenvalue weighted by Gasteiger charge is 2.11. The molecule has 8 heteroatoms. The summed E-state index contributed by atoms with van der Waals surface area (Å²) in [6.45, 7) is 3.41. The van der Waals surface area contributed by atoms with Gasteiger partial charge in [-0.3, -0.25) is 9.48 Å². The van der Waals surface area contributed by atoms with Gasteiger partial charge in [0, 0.05) is 30.6 Å². The van der Waals surface area contributed by atoms with E-state index in [-0.39, 0.29) is 5.91 Å². The third-order valence-corrected chi connectivity index (χ3v) is 4.31. The third kappa shape index (κ3) is 3.66. The molecule has 144 valence electrons. The SMILES string of the molecule is C=CC(=O)Nc1ccc(C#Cc2cc(-c3cnn(C)c3)cn3ncc(C#N)c23)nc1. The van der Waals surface area contributed by atoms with E-state index >= 15 is 0 Å². The van der Waals surface area contributed by atoms with E-state index in [2.05, 4.69) is 45.0 Å². The summed E-state index contributed by atoms with van der Waals surface area (Å²) in [7, 11) is 1.84. The van der Waals surface area contributed by atoms with Crippen LogP contribution in [0.25, 0.3) is 16.6 Å². The number of anilines is 1. The predicted octanol–water partition coefficient (Wildman–Crippen LogP) is 2.53. The van der Waals surface area contributed by atoms with E-state index in [1.807, 2.05) is 25.5 Å². The standard InChI is InChI=1S/C22H15N7O/c1-3-21(30)27-20-7-6-19(24-12-20)5-4-15-8-16(18-11-25-28(2)13-18)14-29-22(15)17(9-23)10-26-29/h3,6-8,10-14H,1H2,2H3,(H,27,30). The van der Waals surface area contributed by atoms with Crippen molar-refractivity contribution in [2.75, 3.05) is 5.32 Å². The van der Waals surface area contributed by atoms with E-state index in [1.165, 1.54) is 18.5 Å². The molecule has 0 saturated carbocycles. The molecular weight excluding hydrogens is 378 g/mol. The first-order valence-electron chi connectivity index (χ1n) is 8.89. The fourth-order valence-electron chi connectivity index (χ4n) is 2.89. The molecule has 0 unspecified atom stereocenters. The molecule has 0 atom stereocenters. The molecule has 4 aromatic heterocycles. The lowest BCUT2D eigenvalue weighted by molar-refractivity contribution is -0.111. The average Bonchev–Trinajstić information content (AvgIpc) is 3.38. The quantitative estimate of drug-likeness (QED) is 0.426. The maximum absolute atomic E-state index is 11.4. The van der Waals surface area contributed by atoms with Crippen LogP contribution in [0.1, 0.15) is 16.8 Å². The van der Waals surface area contributed by atoms with Gasteiger partial charge >= 0.3 is 0 Å². The number of nitrogens with one attached hydrogen (secondary N) is 1. The Bertz CT molecular complexity index is 1380. The van der Waals surface area contributed by atoms with Crippen LogP contribution in [0, 0.1) is 23.2 Å². The lowest BCUT2D eigenvalue weighted by Gasteiger charge is -2.03. The molecule has 0 spiro atoms. The van der Waals surface area contributed by atoms with Gasteiger partial charge in [-0.25, -0.2) is 9.50 Å². The van der Waals surface area contributed by atoms with Crippen molar-refractivity contribution in [3.05, 3.63) is 78.7 Å². The molecule has 0 aliphatic carbocycles. The Hall–Kier alpha value is -4.69. The summed E-state index contributed by atoms with van der Waals surface area (Å²) in [6, 6.07) is 7.47. The highest BCUT2D eigenvalue weighted by Crippen LogP contribution is 2.24. The number of aryl methyl sites for hydroxylation is 1. The maximum atomic E-state index is 11.4. The van der Waals surface area contributed by atoms with Gasteiger partial charge in [0.25, 0.3) is 0 Å². The van der Waals surface area contributed by atoms with Gasteiger partial charge < -0.3 is 5.32 Å². The van der Waals surface area contributed by atoms with E-state index in [0.29, 0.717) is 28.0 Å². The summed E-state index contributed by atoms with van der Waals surface area (Å²) in [6.07, 6.45) is 9.71. The molecule has 4 heterocycles. The average molecular weight is 393 g/mol. The van der Waals surface area contributed by atoms with Crippen molar-refractivity contribution in [1.82, 2.24) is 24.4 Å². The number of rotatable bonds is 3. The zero-order chi connectivity index (χ0) is 21.1. The van der Waals surface area contributed by atoms with E-state index in [4.69, 9.17) is 0 Å². The Balaban J connectivity index is 1.75. The number of carbonyl (C=O) groups is 1. The molecule has 30 heavy (non-hydrogen) atoms. The lowest BCUT2D eigenvalue weighted by atomic mass is 10.1. The van der Waals surface area contributed by atoms with Crippen molar-refractivity contribution in [2.24, 2.45) is 7.05 Å². The Labute approximate surface area is 172 Å². The highest BCUT2D eigenvalue weighted by molar-refractivity contribution is 5.98. The number of pyridine rings is 2. The van der Waals surface area contributed by atoms with Crippen LogP contribution in [-0.4, -0.2) is 30.3 Å². The van der Waals surface area contributed by atoms with Crippen LogP contribution < -0.4 is 5.32 Å². The first kappa shape index (κ1) is 18.7. The fourth-order valence-corrected chi connectivity index (χ4v) is 2.89. The monoisotopic (exact) mass is 393 g/mol. The predicted molar refractivity (Wildman–Crippen MR) is 111 cm³/mol. The fraction of sp³-hybridized carbons (Fsp3) is 0.0455. The van der Waals surface area contributed by atoms with Gasteiger partial charge in [0.2, 0.25) is 5.91 Å². The Morgan fingerprint density at radius 3 is 2.67 bits per heavy atom. The first-order valence-corrected chi connectivity index (χ1v) is 8.89. The van der Waals surface area contributed by atoms with Crippen LogP contribution in [0.3, 0.4) is 0 Å². The Morgan fingerprint density at radius 1 is 1.13 bits per heavy atom. The topological polar surface area (TPSA) is 101 Å². The van der Waals surface area contributed by atoms with Crippen LogP contribution in [-0.2, 0) is 11.8 Å². The summed E-state index contributed by atoms with van der Waals surface area (Å²) in [5.41, 5.74) is 4.58. The smallest absolute Gasteiger partial charge is 0.247 e. The van der Waals surface area contributed by atoms with Crippen LogP contribution in [0.2, 0.25) is 0 Å². The summed E-state index contributed by atoms with van der Waals surface area (Å²) in [4.78, 5) is 15.6. The van der Waals surface area contributed by atoms with E-state index in [0.717, 1.165) is 11.1 Å². The third-order valence-electron chi connectivity index (χ3n) is 4.31. The summed E-state index contributed by atoms with van der Waals surface area (Å²) in [5.74, 6) is 5.80. The van der Waals surface area contributed by atoms with Gasteiger partial charge in [-0.15, -0.1) is 0 Å². The van der Waals surface area contributed by atoms with Gasteiger partial charge in [-0.05, 0) is 30.2 Å². The Morgan fingerprint density at radius 2 is 2.00 bits per heavy atom. The zero-order valence-electron chi connectivity index (χ0n) is 16.0. The minimum absolute atomic E-state index is 0.310. The van der Waals surface area contributed by atoms with Crippen LogP contribution in [0.4, 0.5) is 5.69 Å². The normalized spacial score (nSPS) is 10.1. The number of carbonyl (C=O) groups excluding carboxylic acids is 1. The second-order valence-electron chi connectivity index (χ2n) is 6.38. The molecule has 4 rings (SSSR count). The largest absolute Gasteiger partial charge is 0.321 e. The second-order valence-corrected chi connectivity index (χ2v) is 6.38. The number of hydrogen-bond acceptors (Lipinski definition) is 5. The molecule has 1 N–H and O–H groups in total. The van der Waals surface area contributed by atoms with Gasteiger partial charge in [0.1, 0.15) is 11.8 Å². The van der Waals surface area contributed by atoms with E-state index in [1.54, 1.807) is 27.5 Å². The number of fused-ring (bicyclic) bond motifs is 1. The summed E-state index contributed by atoms with van der Waals surface area (Å²) >= 11 is 0. The maximum Gasteiger partial charge on any atom is 0.247 e. The van der Waals surface area contributed by atoms with Crippen molar-refractivity contribution in [1.29, 1.82) is 5.26 Å². The highest BCUT2D eigenvalue weighted by atomic mass is 16.1. The zero-order valence-corrected chi connectivity index (χ0v) is 16.0. The molecule has 0 aromatic carbocycles. The Kier molecular flexibility index (Phi) is 4.82. The van der Waals surface area contributed by atoms with Gasteiger partial charge in [0.15, 0.2) is 0 Å². The molecule has 1 amide bonds. The number of amides is 1. The van der Waals surface area contributed by atoms with E-state index < -0.39 is 0 Å². The van der Waals surface area contributed by atoms with Crippen molar-refractivity contribution < 1.29 is 4.79 Å². The molecule has 0 bridgehead atoms. The number of hydrogen-bond donors (Lipinski definition) is 1. The molecule has 0 fully saturated rings. The molecule has 0 aliphatic rings. The minimum atomic E-state index is -0.310. The molecule has 0 radical (unpaired) electrons. The molecule has 8 nitrogen and oxygen atoms in total. The minimum Gasteiger partial charge on any atom is -0.321 e. The van der Waals surface area contributed by atoms with Crippen molar-refractivity contribution in [3.8, 4) is 29.0 Å². The van der Waals surface area contributed by atoms with Gasteiger partial charge in [0.05, 0.1) is 40.9 Å². The number of nitrogens with zero attached hydrogens (tertiary/aromatic N) is 6. The second kappa shape index (κ2) is 7.74. The van der Waals surface area contributed by atoms with Gasteiger partial charge in [-0.1, -0.05) is 12.5 Å². The lowest BCUT2D eigenvalue weighted by Crippen LogP contribution is -2.07. The molecule has 0 aliphatic heterocycles. The molecular formula is C22H15N7O. The molecule has 4 aromatic rings. The molecule has 0 saturated heterocycles. The summed E-state index contributed by atoms with van der Waals surface area (Å²) in [5, 5.41) is 20.5. The van der Waals surface area contributed by atoms with Crippen LogP contribution in [0.5, 0.6) is 0 Å². The van der Waals surface area contributed by atoms with E-state index in [9.17, 15) is 10.1 Å².